The summed E-state index contributed by atoms with van der Waals surface area (Å²) < 4.78 is 6.57. The first-order chi connectivity index (χ1) is 6.20. The quantitative estimate of drug-likeness (QED) is 0.841. The van der Waals surface area contributed by atoms with Gasteiger partial charge in [-0.15, -0.1) is 12.4 Å². The molecule has 1 aromatic carbocycles. The Labute approximate surface area is 99.8 Å². The van der Waals surface area contributed by atoms with Crippen LogP contribution >= 0.6 is 28.3 Å². The summed E-state index contributed by atoms with van der Waals surface area (Å²) in [6.07, 6.45) is 0. The second-order valence-corrected chi connectivity index (χ2v) is 3.94. The average Bonchev–Trinajstić information content (AvgIpc) is 2.08. The smallest absolute Gasteiger partial charge is 0.133 e. The number of rotatable bonds is 4. The maximum Gasteiger partial charge on any atom is 0.133 e. The molecule has 0 bridgehead atoms. The van der Waals surface area contributed by atoms with Gasteiger partial charge in [0, 0.05) is 6.54 Å². The molecular weight excluding hydrogens is 265 g/mol. The first-order valence-electron chi connectivity index (χ1n) is 4.22. The van der Waals surface area contributed by atoms with Gasteiger partial charge in [0.2, 0.25) is 0 Å². The number of nitrogens with zero attached hydrogens (tertiary/aromatic N) is 1. The van der Waals surface area contributed by atoms with Crippen LogP contribution in [0.5, 0.6) is 5.75 Å². The summed E-state index contributed by atoms with van der Waals surface area (Å²) in [5.41, 5.74) is 0. The molecule has 0 heterocycles. The maximum absolute atomic E-state index is 5.56. The summed E-state index contributed by atoms with van der Waals surface area (Å²) in [6, 6.07) is 7.88. The van der Waals surface area contributed by atoms with Crippen LogP contribution < -0.4 is 4.74 Å². The highest BCUT2D eigenvalue weighted by Crippen LogP contribution is 2.23. The average molecular weight is 281 g/mol. The fourth-order valence-electron chi connectivity index (χ4n) is 0.900. The minimum Gasteiger partial charge on any atom is -0.491 e. The SMILES string of the molecule is CN(C)CCOc1ccccc1Br.Cl. The second-order valence-electron chi connectivity index (χ2n) is 3.08. The number of likely N-dealkylation sites (N-methyl/N-ethyl adjacent to an activating group) is 1. The lowest BCUT2D eigenvalue weighted by Crippen LogP contribution is -2.19. The van der Waals surface area contributed by atoms with Crippen LogP contribution in [0.25, 0.3) is 0 Å². The molecule has 0 N–H and O–H groups in total. The summed E-state index contributed by atoms with van der Waals surface area (Å²) >= 11 is 3.42. The Morgan fingerprint density at radius 3 is 2.50 bits per heavy atom. The van der Waals surface area contributed by atoms with Crippen LogP contribution in [0, 0.1) is 0 Å². The Balaban J connectivity index is 0.00000169. The van der Waals surface area contributed by atoms with Crippen LogP contribution in [-0.4, -0.2) is 32.1 Å². The summed E-state index contributed by atoms with van der Waals surface area (Å²) in [7, 11) is 4.06. The highest BCUT2D eigenvalue weighted by molar-refractivity contribution is 9.10. The summed E-state index contributed by atoms with van der Waals surface area (Å²) in [5.74, 6) is 0.907. The van der Waals surface area contributed by atoms with Gasteiger partial charge < -0.3 is 9.64 Å². The molecule has 4 heteroatoms. The van der Waals surface area contributed by atoms with Gasteiger partial charge in [0.15, 0.2) is 0 Å². The van der Waals surface area contributed by atoms with Crippen LogP contribution in [0.1, 0.15) is 0 Å². The fraction of sp³-hybridized carbons (Fsp3) is 0.400. The maximum atomic E-state index is 5.56. The molecule has 0 fully saturated rings. The molecule has 80 valence electrons. The van der Waals surface area contributed by atoms with Crippen molar-refractivity contribution in [2.45, 2.75) is 0 Å². The second kappa shape index (κ2) is 7.10. The Kier molecular flexibility index (Phi) is 6.97. The molecule has 0 unspecified atom stereocenters. The van der Waals surface area contributed by atoms with Crippen LogP contribution in [0.3, 0.4) is 0 Å². The number of halogens is 2. The number of hydrogen-bond donors (Lipinski definition) is 0. The number of hydrogen-bond acceptors (Lipinski definition) is 2. The lowest BCUT2D eigenvalue weighted by molar-refractivity contribution is 0.260. The Morgan fingerprint density at radius 1 is 1.29 bits per heavy atom. The van der Waals surface area contributed by atoms with Crippen molar-refractivity contribution >= 4 is 28.3 Å². The molecule has 0 aliphatic carbocycles. The molecule has 0 aliphatic heterocycles. The van der Waals surface area contributed by atoms with Gasteiger partial charge in [-0.1, -0.05) is 12.1 Å². The molecule has 0 radical (unpaired) electrons. The zero-order valence-electron chi connectivity index (χ0n) is 8.37. The predicted molar refractivity (Wildman–Crippen MR) is 65.4 cm³/mol. The van der Waals surface area contributed by atoms with Gasteiger partial charge in [0.1, 0.15) is 12.4 Å². The van der Waals surface area contributed by atoms with Crippen molar-refractivity contribution in [3.8, 4) is 5.75 Å². The molecule has 0 spiro atoms. The molecule has 0 aromatic heterocycles. The number of para-hydroxylation sites is 1. The largest absolute Gasteiger partial charge is 0.491 e. The van der Waals surface area contributed by atoms with Crippen molar-refractivity contribution in [2.24, 2.45) is 0 Å². The third-order valence-corrected chi connectivity index (χ3v) is 2.29. The third kappa shape index (κ3) is 4.84. The molecule has 1 aromatic rings. The van der Waals surface area contributed by atoms with Crippen molar-refractivity contribution in [2.75, 3.05) is 27.2 Å². The summed E-state index contributed by atoms with van der Waals surface area (Å²) in [5, 5.41) is 0. The molecule has 0 saturated carbocycles. The lowest BCUT2D eigenvalue weighted by atomic mass is 10.3. The number of benzene rings is 1. The first-order valence-corrected chi connectivity index (χ1v) is 5.01. The number of ether oxygens (including phenoxy) is 1. The molecule has 1 rings (SSSR count). The van der Waals surface area contributed by atoms with E-state index in [2.05, 4.69) is 20.8 Å². The van der Waals surface area contributed by atoms with Crippen LogP contribution in [0.4, 0.5) is 0 Å². The van der Waals surface area contributed by atoms with Gasteiger partial charge in [-0.25, -0.2) is 0 Å². The molecule has 14 heavy (non-hydrogen) atoms. The fourth-order valence-corrected chi connectivity index (χ4v) is 1.30. The van der Waals surface area contributed by atoms with E-state index >= 15 is 0 Å². The van der Waals surface area contributed by atoms with Gasteiger partial charge in [0.25, 0.3) is 0 Å². The van der Waals surface area contributed by atoms with Gasteiger partial charge in [-0.05, 0) is 42.2 Å². The van der Waals surface area contributed by atoms with E-state index in [1.165, 1.54) is 0 Å². The van der Waals surface area contributed by atoms with Crippen LogP contribution in [0.15, 0.2) is 28.7 Å². The van der Waals surface area contributed by atoms with Crippen molar-refractivity contribution in [1.29, 1.82) is 0 Å². The molecule has 0 aliphatic rings. The normalized spacial score (nSPS) is 9.71. The van der Waals surface area contributed by atoms with Gasteiger partial charge in [0.05, 0.1) is 4.47 Å². The monoisotopic (exact) mass is 279 g/mol. The zero-order chi connectivity index (χ0) is 9.68. The van der Waals surface area contributed by atoms with Gasteiger partial charge in [-0.3, -0.25) is 0 Å². The van der Waals surface area contributed by atoms with E-state index in [9.17, 15) is 0 Å². The van der Waals surface area contributed by atoms with Crippen molar-refractivity contribution in [3.05, 3.63) is 28.7 Å². The lowest BCUT2D eigenvalue weighted by Gasteiger charge is -2.11. The highest BCUT2D eigenvalue weighted by atomic mass is 79.9. The van der Waals surface area contributed by atoms with E-state index in [0.717, 1.165) is 23.4 Å². The van der Waals surface area contributed by atoms with E-state index in [0.29, 0.717) is 0 Å². The van der Waals surface area contributed by atoms with Gasteiger partial charge >= 0.3 is 0 Å². The molecule has 0 saturated heterocycles. The Hall–Kier alpha value is -0.250. The third-order valence-electron chi connectivity index (χ3n) is 1.63. The van der Waals surface area contributed by atoms with E-state index in [1.54, 1.807) is 0 Å². The Bertz CT molecular complexity index is 268. The minimum atomic E-state index is 0. The Morgan fingerprint density at radius 2 is 1.93 bits per heavy atom. The van der Waals surface area contributed by atoms with E-state index in [-0.39, 0.29) is 12.4 Å². The van der Waals surface area contributed by atoms with E-state index in [1.807, 2.05) is 38.4 Å². The highest BCUT2D eigenvalue weighted by Gasteiger charge is 1.98. The van der Waals surface area contributed by atoms with E-state index in [4.69, 9.17) is 4.74 Å². The van der Waals surface area contributed by atoms with Crippen LogP contribution in [-0.2, 0) is 0 Å². The van der Waals surface area contributed by atoms with Crippen molar-refractivity contribution in [1.82, 2.24) is 4.90 Å². The standard InChI is InChI=1S/C10H14BrNO.ClH/c1-12(2)7-8-13-10-6-4-3-5-9(10)11;/h3-6H,7-8H2,1-2H3;1H. The van der Waals surface area contributed by atoms with Crippen molar-refractivity contribution < 1.29 is 4.74 Å². The van der Waals surface area contributed by atoms with E-state index < -0.39 is 0 Å². The zero-order valence-corrected chi connectivity index (χ0v) is 10.8. The summed E-state index contributed by atoms with van der Waals surface area (Å²) in [6.45, 7) is 1.65. The topological polar surface area (TPSA) is 12.5 Å². The molecule has 2 nitrogen and oxygen atoms in total. The molecule has 0 atom stereocenters. The minimum absolute atomic E-state index is 0. The van der Waals surface area contributed by atoms with Crippen molar-refractivity contribution in [3.63, 3.8) is 0 Å². The van der Waals surface area contributed by atoms with Crippen LogP contribution in [0.2, 0.25) is 0 Å². The summed E-state index contributed by atoms with van der Waals surface area (Å²) in [4.78, 5) is 2.09. The first kappa shape index (κ1) is 13.8. The predicted octanol–water partition coefficient (Wildman–Crippen LogP) is 2.81. The molecule has 0 amide bonds. The molecular formula is C10H15BrClNO. The van der Waals surface area contributed by atoms with Gasteiger partial charge in [-0.2, -0.15) is 0 Å².